The number of hydrogen-bond donors (Lipinski definition) is 2. The van der Waals surface area contributed by atoms with Crippen molar-refractivity contribution in [1.82, 2.24) is 0 Å². The van der Waals surface area contributed by atoms with Gasteiger partial charge in [0.2, 0.25) is 0 Å². The molecule has 3 heteroatoms. The molecule has 0 heterocycles. The van der Waals surface area contributed by atoms with Crippen LogP contribution in [0.2, 0.25) is 0 Å². The number of rotatable bonds is 3. The highest BCUT2D eigenvalue weighted by molar-refractivity contribution is 5.30. The van der Waals surface area contributed by atoms with Crippen LogP contribution < -0.4 is 10.5 Å². The van der Waals surface area contributed by atoms with E-state index in [9.17, 15) is 0 Å². The van der Waals surface area contributed by atoms with Gasteiger partial charge in [-0.2, -0.15) is 0 Å². The Balaban J connectivity index is 1.88. The highest BCUT2D eigenvalue weighted by Gasteiger charge is 2.33. The number of nitrogens with two attached hydrogens (primary N) is 1. The minimum Gasteiger partial charge on any atom is -0.508 e. The Morgan fingerprint density at radius 2 is 1.93 bits per heavy atom. The minimum atomic E-state index is -0.113. The van der Waals surface area contributed by atoms with E-state index in [-0.39, 0.29) is 11.3 Å². The van der Waals surface area contributed by atoms with E-state index in [4.69, 9.17) is 15.6 Å². The van der Waals surface area contributed by atoms with E-state index in [2.05, 4.69) is 0 Å². The summed E-state index contributed by atoms with van der Waals surface area (Å²) in [5.74, 6) is 1.02. The van der Waals surface area contributed by atoms with E-state index in [0.29, 0.717) is 6.61 Å². The van der Waals surface area contributed by atoms with Gasteiger partial charge in [0.25, 0.3) is 0 Å². The molecule has 0 aromatic heterocycles. The Kier molecular flexibility index (Phi) is 2.33. The molecular formula is C11H15NO2. The largest absolute Gasteiger partial charge is 0.508 e. The van der Waals surface area contributed by atoms with E-state index in [0.717, 1.165) is 18.6 Å². The molecule has 0 radical (unpaired) electrons. The summed E-state index contributed by atoms with van der Waals surface area (Å²) < 4.78 is 5.53. The summed E-state index contributed by atoms with van der Waals surface area (Å²) in [6.45, 7) is 0.567. The van der Waals surface area contributed by atoms with Crippen LogP contribution in [0.1, 0.15) is 19.3 Å². The molecule has 0 unspecified atom stereocenters. The number of phenols is 1. The third kappa shape index (κ3) is 1.99. The van der Waals surface area contributed by atoms with Gasteiger partial charge < -0.3 is 15.6 Å². The predicted octanol–water partition coefficient (Wildman–Crippen LogP) is 1.65. The van der Waals surface area contributed by atoms with Crippen LogP contribution in [0.25, 0.3) is 0 Å². The topological polar surface area (TPSA) is 55.5 Å². The fourth-order valence-electron chi connectivity index (χ4n) is 1.54. The van der Waals surface area contributed by atoms with E-state index < -0.39 is 0 Å². The summed E-state index contributed by atoms with van der Waals surface area (Å²) in [4.78, 5) is 0. The molecule has 3 N–H and O–H groups in total. The van der Waals surface area contributed by atoms with Crippen molar-refractivity contribution in [2.24, 2.45) is 5.73 Å². The van der Waals surface area contributed by atoms with Crippen LogP contribution in [0, 0.1) is 0 Å². The molecule has 2 rings (SSSR count). The minimum absolute atomic E-state index is 0.113. The van der Waals surface area contributed by atoms with Crippen LogP contribution in [0.5, 0.6) is 11.5 Å². The summed E-state index contributed by atoms with van der Waals surface area (Å²) in [6.07, 6.45) is 3.30. The van der Waals surface area contributed by atoms with Gasteiger partial charge in [0, 0.05) is 0 Å². The van der Waals surface area contributed by atoms with Crippen molar-refractivity contribution in [1.29, 1.82) is 0 Å². The molecule has 76 valence electrons. The Labute approximate surface area is 83.5 Å². The lowest BCUT2D eigenvalue weighted by molar-refractivity contribution is 0.142. The first-order valence-electron chi connectivity index (χ1n) is 4.89. The molecule has 1 aliphatic rings. The molecule has 1 fully saturated rings. The maximum absolute atomic E-state index is 9.06. The lowest BCUT2D eigenvalue weighted by atomic mass is 9.78. The van der Waals surface area contributed by atoms with Crippen molar-refractivity contribution in [2.45, 2.75) is 24.8 Å². The zero-order chi connectivity index (χ0) is 10.0. The van der Waals surface area contributed by atoms with E-state index >= 15 is 0 Å². The smallest absolute Gasteiger partial charge is 0.119 e. The third-order valence-corrected chi connectivity index (χ3v) is 2.71. The van der Waals surface area contributed by atoms with Crippen molar-refractivity contribution in [2.75, 3.05) is 6.61 Å². The molecular weight excluding hydrogens is 178 g/mol. The quantitative estimate of drug-likeness (QED) is 0.767. The molecule has 1 aliphatic carbocycles. The first kappa shape index (κ1) is 9.34. The molecule has 1 aromatic carbocycles. The van der Waals surface area contributed by atoms with E-state index in [1.54, 1.807) is 24.3 Å². The maximum atomic E-state index is 9.06. The number of ether oxygens (including phenoxy) is 1. The Hall–Kier alpha value is -1.22. The van der Waals surface area contributed by atoms with Gasteiger partial charge in [-0.3, -0.25) is 0 Å². The summed E-state index contributed by atoms with van der Waals surface area (Å²) >= 11 is 0. The van der Waals surface area contributed by atoms with Crippen molar-refractivity contribution < 1.29 is 9.84 Å². The summed E-state index contributed by atoms with van der Waals surface area (Å²) in [6, 6.07) is 6.72. The Bertz CT molecular complexity index is 304. The van der Waals surface area contributed by atoms with Gasteiger partial charge >= 0.3 is 0 Å². The molecule has 0 atom stereocenters. The van der Waals surface area contributed by atoms with Crippen molar-refractivity contribution in [3.05, 3.63) is 24.3 Å². The van der Waals surface area contributed by atoms with Crippen molar-refractivity contribution in [3.8, 4) is 11.5 Å². The summed E-state index contributed by atoms with van der Waals surface area (Å²) in [7, 11) is 0. The molecule has 1 saturated carbocycles. The monoisotopic (exact) mass is 193 g/mol. The highest BCUT2D eigenvalue weighted by atomic mass is 16.5. The van der Waals surface area contributed by atoms with Crippen LogP contribution in [0.3, 0.4) is 0 Å². The average Bonchev–Trinajstić information content (AvgIpc) is 2.14. The van der Waals surface area contributed by atoms with Gasteiger partial charge in [0.05, 0.1) is 5.54 Å². The molecule has 3 nitrogen and oxygen atoms in total. The molecule has 0 bridgehead atoms. The van der Waals surface area contributed by atoms with Crippen molar-refractivity contribution in [3.63, 3.8) is 0 Å². The van der Waals surface area contributed by atoms with Crippen LogP contribution in [-0.4, -0.2) is 17.3 Å². The number of hydrogen-bond acceptors (Lipinski definition) is 3. The fourth-order valence-corrected chi connectivity index (χ4v) is 1.54. The van der Waals surface area contributed by atoms with Crippen LogP contribution in [0.15, 0.2) is 24.3 Å². The second kappa shape index (κ2) is 3.50. The van der Waals surface area contributed by atoms with Gasteiger partial charge in [-0.15, -0.1) is 0 Å². The summed E-state index contributed by atoms with van der Waals surface area (Å²) in [5.41, 5.74) is 5.89. The first-order chi connectivity index (χ1) is 6.68. The van der Waals surface area contributed by atoms with Gasteiger partial charge in [-0.1, -0.05) is 0 Å². The second-order valence-electron chi connectivity index (χ2n) is 4.00. The molecule has 0 amide bonds. The lowest BCUT2D eigenvalue weighted by Gasteiger charge is -2.37. The Morgan fingerprint density at radius 3 is 2.43 bits per heavy atom. The molecule has 0 aliphatic heterocycles. The SMILES string of the molecule is NC1(COc2ccc(O)cc2)CCC1. The molecule has 14 heavy (non-hydrogen) atoms. The average molecular weight is 193 g/mol. The zero-order valence-electron chi connectivity index (χ0n) is 8.07. The highest BCUT2D eigenvalue weighted by Crippen LogP contribution is 2.29. The Morgan fingerprint density at radius 1 is 1.29 bits per heavy atom. The number of benzene rings is 1. The van der Waals surface area contributed by atoms with Gasteiger partial charge in [-0.25, -0.2) is 0 Å². The normalized spacial score (nSPS) is 18.6. The van der Waals surface area contributed by atoms with Crippen molar-refractivity contribution >= 4 is 0 Å². The van der Waals surface area contributed by atoms with Gasteiger partial charge in [0.15, 0.2) is 0 Å². The van der Waals surface area contributed by atoms with E-state index in [1.165, 1.54) is 6.42 Å². The molecule has 0 spiro atoms. The zero-order valence-corrected chi connectivity index (χ0v) is 8.07. The number of phenolic OH excluding ortho intramolecular Hbond substituents is 1. The first-order valence-corrected chi connectivity index (χ1v) is 4.89. The third-order valence-electron chi connectivity index (χ3n) is 2.71. The fraction of sp³-hybridized carbons (Fsp3) is 0.455. The van der Waals surface area contributed by atoms with Gasteiger partial charge in [0.1, 0.15) is 18.1 Å². The lowest BCUT2D eigenvalue weighted by Crippen LogP contribution is -2.51. The molecule has 1 aromatic rings. The van der Waals surface area contributed by atoms with Gasteiger partial charge in [-0.05, 0) is 43.5 Å². The predicted molar refractivity (Wildman–Crippen MR) is 54.4 cm³/mol. The van der Waals surface area contributed by atoms with Crippen LogP contribution in [-0.2, 0) is 0 Å². The standard InChI is InChI=1S/C11H15NO2/c12-11(6-1-7-11)8-14-10-4-2-9(13)3-5-10/h2-5,13H,1,6-8,12H2. The molecule has 0 saturated heterocycles. The summed E-state index contributed by atoms with van der Waals surface area (Å²) in [5, 5.41) is 9.06. The number of aromatic hydroxyl groups is 1. The van der Waals surface area contributed by atoms with E-state index in [1.807, 2.05) is 0 Å². The van der Waals surface area contributed by atoms with Crippen LogP contribution >= 0.6 is 0 Å². The maximum Gasteiger partial charge on any atom is 0.119 e. The second-order valence-corrected chi connectivity index (χ2v) is 4.00. The van der Waals surface area contributed by atoms with Crippen LogP contribution in [0.4, 0.5) is 0 Å².